The fourth-order valence-corrected chi connectivity index (χ4v) is 3.30. The van der Waals surface area contributed by atoms with Crippen molar-refractivity contribution in [2.24, 2.45) is 7.05 Å². The van der Waals surface area contributed by atoms with E-state index in [9.17, 15) is 15.0 Å². The van der Waals surface area contributed by atoms with Crippen molar-refractivity contribution >= 4 is 5.91 Å². The Morgan fingerprint density at radius 2 is 2.00 bits per heavy atom. The molecule has 3 N–H and O–H groups in total. The lowest BCUT2D eigenvalue weighted by Gasteiger charge is -2.23. The van der Waals surface area contributed by atoms with Crippen molar-refractivity contribution in [2.45, 2.75) is 37.5 Å². The molecule has 1 aliphatic carbocycles. The van der Waals surface area contributed by atoms with Crippen LogP contribution in [-0.4, -0.2) is 51.3 Å². The number of carbonyl (C=O) groups excluding carboxylic acids is 1. The van der Waals surface area contributed by atoms with E-state index in [4.69, 9.17) is 4.74 Å². The predicted molar refractivity (Wildman–Crippen MR) is 91.6 cm³/mol. The topological polar surface area (TPSA) is 96.6 Å². The number of aliphatic hydroxyl groups is 2. The lowest BCUT2D eigenvalue weighted by atomic mass is 9.93. The minimum absolute atomic E-state index is 0.190. The third-order valence-electron chi connectivity index (χ3n) is 4.88. The summed E-state index contributed by atoms with van der Waals surface area (Å²) in [5, 5.41) is 27.4. The van der Waals surface area contributed by atoms with E-state index in [0.717, 1.165) is 17.0 Å². The molecule has 1 fully saturated rings. The van der Waals surface area contributed by atoms with Crippen molar-refractivity contribution in [2.75, 3.05) is 7.11 Å². The summed E-state index contributed by atoms with van der Waals surface area (Å²) in [5.41, 5.74) is 2.09. The Morgan fingerprint density at radius 3 is 2.56 bits per heavy atom. The molecule has 0 saturated heterocycles. The van der Waals surface area contributed by atoms with Crippen LogP contribution in [0.25, 0.3) is 0 Å². The van der Waals surface area contributed by atoms with Crippen LogP contribution >= 0.6 is 0 Å². The van der Waals surface area contributed by atoms with Crippen molar-refractivity contribution in [3.8, 4) is 5.75 Å². The van der Waals surface area contributed by atoms with Gasteiger partial charge in [0.25, 0.3) is 5.91 Å². The largest absolute Gasteiger partial charge is 0.497 e. The quantitative estimate of drug-likeness (QED) is 0.760. The van der Waals surface area contributed by atoms with Crippen LogP contribution in [0.3, 0.4) is 0 Å². The molecule has 25 heavy (non-hydrogen) atoms. The van der Waals surface area contributed by atoms with Crippen LogP contribution in [0.15, 0.2) is 30.3 Å². The van der Waals surface area contributed by atoms with Crippen molar-refractivity contribution in [3.63, 3.8) is 0 Å². The van der Waals surface area contributed by atoms with Crippen LogP contribution < -0.4 is 10.1 Å². The number of nitrogens with zero attached hydrogens (tertiary/aromatic N) is 2. The highest BCUT2D eigenvalue weighted by molar-refractivity contribution is 5.92. The highest BCUT2D eigenvalue weighted by Gasteiger charge is 2.43. The number of hydrogen-bond acceptors (Lipinski definition) is 5. The number of methoxy groups -OCH3 is 1. The van der Waals surface area contributed by atoms with Gasteiger partial charge in [-0.1, -0.05) is 12.1 Å². The predicted octanol–water partition coefficient (Wildman–Crippen LogP) is 0.745. The lowest BCUT2D eigenvalue weighted by molar-refractivity contribution is 0.0294. The molecule has 2 aromatic rings. The lowest BCUT2D eigenvalue weighted by Crippen LogP contribution is -2.45. The first kappa shape index (κ1) is 17.4. The van der Waals surface area contributed by atoms with Gasteiger partial charge in [-0.05, 0) is 37.1 Å². The van der Waals surface area contributed by atoms with Gasteiger partial charge >= 0.3 is 0 Å². The van der Waals surface area contributed by atoms with Gasteiger partial charge in [-0.2, -0.15) is 5.10 Å². The minimum atomic E-state index is -1.03. The van der Waals surface area contributed by atoms with Gasteiger partial charge in [-0.25, -0.2) is 0 Å². The summed E-state index contributed by atoms with van der Waals surface area (Å²) in [5.74, 6) is 0.178. The van der Waals surface area contributed by atoms with E-state index in [0.29, 0.717) is 12.1 Å². The molecule has 1 heterocycles. The van der Waals surface area contributed by atoms with Gasteiger partial charge in [-0.15, -0.1) is 0 Å². The summed E-state index contributed by atoms with van der Waals surface area (Å²) in [7, 11) is 3.36. The monoisotopic (exact) mass is 345 g/mol. The number of aryl methyl sites for hydroxylation is 2. The second-order valence-corrected chi connectivity index (χ2v) is 6.47. The molecule has 134 valence electrons. The van der Waals surface area contributed by atoms with Crippen LogP contribution in [-0.2, 0) is 7.05 Å². The summed E-state index contributed by atoms with van der Waals surface area (Å²) >= 11 is 0. The first-order valence-electron chi connectivity index (χ1n) is 8.22. The maximum absolute atomic E-state index is 12.5. The van der Waals surface area contributed by atoms with Crippen LogP contribution in [0.2, 0.25) is 0 Å². The second-order valence-electron chi connectivity index (χ2n) is 6.47. The van der Waals surface area contributed by atoms with Gasteiger partial charge in [0.15, 0.2) is 0 Å². The summed E-state index contributed by atoms with van der Waals surface area (Å²) in [4.78, 5) is 12.5. The normalized spacial score (nSPS) is 25.8. The number of rotatable bonds is 4. The SMILES string of the molecule is COc1ccc(C2CC(O)C(O)C2NC(=O)c2cc(C)n(C)n2)cc1. The summed E-state index contributed by atoms with van der Waals surface area (Å²) < 4.78 is 6.78. The number of aromatic nitrogens is 2. The zero-order chi connectivity index (χ0) is 18.1. The number of carbonyl (C=O) groups is 1. The molecule has 1 saturated carbocycles. The van der Waals surface area contributed by atoms with Crippen LogP contribution in [0, 0.1) is 6.92 Å². The van der Waals surface area contributed by atoms with Crippen molar-refractivity contribution in [1.82, 2.24) is 15.1 Å². The zero-order valence-corrected chi connectivity index (χ0v) is 14.5. The second kappa shape index (κ2) is 6.85. The number of benzene rings is 1. The number of hydrogen-bond donors (Lipinski definition) is 3. The molecule has 0 radical (unpaired) electrons. The standard InChI is InChI=1S/C18H23N3O4/c1-10-8-14(20-21(10)2)18(24)19-16-13(9-15(22)17(16)23)11-4-6-12(25-3)7-5-11/h4-8,13,15-17,22-23H,9H2,1-3H3,(H,19,24). The Bertz CT molecular complexity index is 737. The summed E-state index contributed by atoms with van der Waals surface area (Å²) in [6, 6.07) is 8.53. The highest BCUT2D eigenvalue weighted by Crippen LogP contribution is 2.36. The average Bonchev–Trinajstić information content (AvgIpc) is 3.09. The average molecular weight is 345 g/mol. The van der Waals surface area contributed by atoms with Crippen molar-refractivity contribution in [1.29, 1.82) is 0 Å². The van der Waals surface area contributed by atoms with Gasteiger partial charge in [0.2, 0.25) is 0 Å². The Hall–Kier alpha value is -2.38. The van der Waals surface area contributed by atoms with Gasteiger partial charge in [0.05, 0.1) is 19.3 Å². The number of ether oxygens (including phenoxy) is 1. The third-order valence-corrected chi connectivity index (χ3v) is 4.88. The molecule has 0 bridgehead atoms. The van der Waals surface area contributed by atoms with E-state index >= 15 is 0 Å². The Labute approximate surface area is 146 Å². The molecule has 4 atom stereocenters. The summed E-state index contributed by atoms with van der Waals surface area (Å²) in [6.45, 7) is 1.86. The number of aliphatic hydroxyl groups excluding tert-OH is 2. The van der Waals surface area contributed by atoms with Crippen LogP contribution in [0.1, 0.15) is 34.1 Å². The third kappa shape index (κ3) is 3.38. The first-order valence-corrected chi connectivity index (χ1v) is 8.22. The van der Waals surface area contributed by atoms with Gasteiger partial charge in [-0.3, -0.25) is 9.48 Å². The first-order chi connectivity index (χ1) is 11.9. The Balaban J connectivity index is 1.81. The number of nitrogens with one attached hydrogen (secondary N) is 1. The maximum atomic E-state index is 12.5. The summed E-state index contributed by atoms with van der Waals surface area (Å²) in [6.07, 6.45) is -1.54. The van der Waals surface area contributed by atoms with Gasteiger partial charge in [0.1, 0.15) is 17.5 Å². The maximum Gasteiger partial charge on any atom is 0.272 e. The highest BCUT2D eigenvalue weighted by atomic mass is 16.5. The Kier molecular flexibility index (Phi) is 4.78. The van der Waals surface area contributed by atoms with Crippen LogP contribution in [0.5, 0.6) is 5.75 Å². The molecule has 7 heteroatoms. The molecule has 1 aromatic heterocycles. The Morgan fingerprint density at radius 1 is 1.32 bits per heavy atom. The molecular weight excluding hydrogens is 322 g/mol. The molecule has 1 aliphatic rings. The molecule has 3 rings (SSSR count). The molecule has 1 aromatic carbocycles. The van der Waals surface area contributed by atoms with E-state index in [-0.39, 0.29) is 11.8 Å². The molecule has 0 spiro atoms. The zero-order valence-electron chi connectivity index (χ0n) is 14.5. The smallest absolute Gasteiger partial charge is 0.272 e. The fraction of sp³-hybridized carbons (Fsp3) is 0.444. The molecule has 0 aliphatic heterocycles. The van der Waals surface area contributed by atoms with Crippen LogP contribution in [0.4, 0.5) is 0 Å². The van der Waals surface area contributed by atoms with E-state index in [1.807, 2.05) is 31.2 Å². The van der Waals surface area contributed by atoms with E-state index in [1.165, 1.54) is 0 Å². The van der Waals surface area contributed by atoms with Gasteiger partial charge < -0.3 is 20.3 Å². The number of amides is 1. The molecule has 4 unspecified atom stereocenters. The molecule has 7 nitrogen and oxygen atoms in total. The van der Waals surface area contributed by atoms with E-state index in [2.05, 4.69) is 10.4 Å². The fourth-order valence-electron chi connectivity index (χ4n) is 3.30. The van der Waals surface area contributed by atoms with E-state index in [1.54, 1.807) is 24.9 Å². The van der Waals surface area contributed by atoms with Crippen molar-refractivity contribution in [3.05, 3.63) is 47.3 Å². The molecular formula is C18H23N3O4. The van der Waals surface area contributed by atoms with Crippen molar-refractivity contribution < 1.29 is 19.7 Å². The van der Waals surface area contributed by atoms with Gasteiger partial charge in [0, 0.05) is 18.7 Å². The van der Waals surface area contributed by atoms with E-state index < -0.39 is 18.2 Å². The minimum Gasteiger partial charge on any atom is -0.497 e. The molecule has 1 amide bonds.